The van der Waals surface area contributed by atoms with E-state index in [2.05, 4.69) is 12.2 Å². The summed E-state index contributed by atoms with van der Waals surface area (Å²) in [7, 11) is 0. The Kier molecular flexibility index (Phi) is 6.73. The Labute approximate surface area is 203 Å². The van der Waals surface area contributed by atoms with Gasteiger partial charge in [0.2, 0.25) is 5.91 Å². The number of rotatable bonds is 5. The van der Waals surface area contributed by atoms with Crippen molar-refractivity contribution in [2.24, 2.45) is 11.8 Å². The third-order valence-corrected chi connectivity index (χ3v) is 8.44. The van der Waals surface area contributed by atoms with Gasteiger partial charge in [0.15, 0.2) is 0 Å². The number of amides is 2. The highest BCUT2D eigenvalue weighted by atomic mass is 32.1. The van der Waals surface area contributed by atoms with Gasteiger partial charge in [-0.15, -0.1) is 11.3 Å². The van der Waals surface area contributed by atoms with Crippen LogP contribution in [0.15, 0.2) is 41.8 Å². The van der Waals surface area contributed by atoms with Crippen molar-refractivity contribution in [3.05, 3.63) is 58.9 Å². The van der Waals surface area contributed by atoms with Crippen LogP contribution in [0.2, 0.25) is 0 Å². The fraction of sp³-hybridized carbons (Fsp3) is 0.481. The lowest BCUT2D eigenvalue weighted by Crippen LogP contribution is -2.47. The van der Waals surface area contributed by atoms with E-state index in [0.717, 1.165) is 22.2 Å². The van der Waals surface area contributed by atoms with E-state index in [-0.39, 0.29) is 23.5 Å². The molecule has 1 N–H and O–H groups in total. The summed E-state index contributed by atoms with van der Waals surface area (Å²) >= 11 is 1.62. The number of thiophene rings is 1. The molecule has 1 saturated carbocycles. The normalized spacial score (nSPS) is 21.6. The van der Waals surface area contributed by atoms with E-state index < -0.39 is 0 Å². The van der Waals surface area contributed by atoms with E-state index in [1.807, 2.05) is 27.0 Å². The average Bonchev–Trinajstić information content (AvgIpc) is 3.44. The van der Waals surface area contributed by atoms with Gasteiger partial charge in [-0.05, 0) is 66.8 Å². The topological polar surface area (TPSA) is 54.3 Å². The molecule has 2 unspecified atom stereocenters. The van der Waals surface area contributed by atoms with Crippen LogP contribution in [0.4, 0.5) is 4.39 Å². The number of nitrogens with one attached hydrogen (secondary N) is 1. The molecule has 3 aromatic rings. The van der Waals surface area contributed by atoms with Crippen LogP contribution in [0.25, 0.3) is 10.2 Å². The minimum absolute atomic E-state index is 0.00488. The van der Waals surface area contributed by atoms with Crippen molar-refractivity contribution in [2.75, 3.05) is 13.1 Å². The first kappa shape index (κ1) is 23.1. The second-order valence-corrected chi connectivity index (χ2v) is 10.8. The van der Waals surface area contributed by atoms with Crippen molar-refractivity contribution in [2.45, 2.75) is 58.0 Å². The number of hydrogen-bond donors (Lipinski definition) is 1. The number of hydrogen-bond acceptors (Lipinski definition) is 3. The highest BCUT2D eigenvalue weighted by Gasteiger charge is 2.31. The zero-order chi connectivity index (χ0) is 23.7. The van der Waals surface area contributed by atoms with E-state index in [0.29, 0.717) is 50.1 Å². The summed E-state index contributed by atoms with van der Waals surface area (Å²) in [5, 5.41) is 5.32. The van der Waals surface area contributed by atoms with E-state index in [1.165, 1.54) is 31.4 Å². The van der Waals surface area contributed by atoms with Gasteiger partial charge in [0.1, 0.15) is 11.5 Å². The van der Waals surface area contributed by atoms with Crippen molar-refractivity contribution < 1.29 is 14.0 Å². The quantitative estimate of drug-likeness (QED) is 0.528. The largest absolute Gasteiger partial charge is 0.353 e. The molecule has 5 nitrogen and oxygen atoms in total. The van der Waals surface area contributed by atoms with Crippen molar-refractivity contribution >= 4 is 33.4 Å². The van der Waals surface area contributed by atoms with Gasteiger partial charge in [0.25, 0.3) is 5.91 Å². The maximum Gasteiger partial charge on any atom is 0.270 e. The Morgan fingerprint density at radius 3 is 2.53 bits per heavy atom. The lowest BCUT2D eigenvalue weighted by Gasteiger charge is -2.34. The number of aromatic nitrogens is 1. The van der Waals surface area contributed by atoms with E-state index in [9.17, 15) is 14.0 Å². The number of fused-ring (bicyclic) bond motifs is 1. The van der Waals surface area contributed by atoms with Gasteiger partial charge in [-0.1, -0.05) is 31.9 Å². The zero-order valence-electron chi connectivity index (χ0n) is 19.6. The number of likely N-dealkylation sites (tertiary alicyclic amines) is 1. The summed E-state index contributed by atoms with van der Waals surface area (Å²) < 4.78 is 16.5. The summed E-state index contributed by atoms with van der Waals surface area (Å²) in [5.74, 6) is 0.421. The van der Waals surface area contributed by atoms with Crippen LogP contribution in [0.3, 0.4) is 0 Å². The molecular weight excluding hydrogens is 449 g/mol. The SMILES string of the molecule is CC1CCCCC1NC(=O)C1CCN(C(=O)c2cc3sccc3n2Cc2ccc(F)cc2)CC1. The maximum absolute atomic E-state index is 13.5. The smallest absolute Gasteiger partial charge is 0.270 e. The first-order chi connectivity index (χ1) is 16.5. The van der Waals surface area contributed by atoms with Gasteiger partial charge < -0.3 is 14.8 Å². The molecular formula is C27H32FN3O2S. The van der Waals surface area contributed by atoms with Crippen LogP contribution in [0.5, 0.6) is 0 Å². The lowest BCUT2D eigenvalue weighted by atomic mass is 9.85. The van der Waals surface area contributed by atoms with Gasteiger partial charge in [0, 0.05) is 31.6 Å². The Balaban J connectivity index is 1.26. The highest BCUT2D eigenvalue weighted by Crippen LogP contribution is 2.29. The summed E-state index contributed by atoms with van der Waals surface area (Å²) in [6.45, 7) is 3.93. The van der Waals surface area contributed by atoms with Crippen LogP contribution >= 0.6 is 11.3 Å². The first-order valence-electron chi connectivity index (χ1n) is 12.4. The third-order valence-electron chi connectivity index (χ3n) is 7.59. The average molecular weight is 482 g/mol. The molecule has 34 heavy (non-hydrogen) atoms. The molecule has 0 radical (unpaired) electrons. The Hall–Kier alpha value is -2.67. The summed E-state index contributed by atoms with van der Waals surface area (Å²) in [4.78, 5) is 28.3. The lowest BCUT2D eigenvalue weighted by molar-refractivity contribution is -0.127. The second-order valence-electron chi connectivity index (χ2n) is 9.86. The van der Waals surface area contributed by atoms with Crippen LogP contribution in [-0.4, -0.2) is 40.4 Å². The third kappa shape index (κ3) is 4.76. The number of benzene rings is 1. The van der Waals surface area contributed by atoms with Gasteiger partial charge in [-0.3, -0.25) is 9.59 Å². The van der Waals surface area contributed by atoms with Gasteiger partial charge in [-0.2, -0.15) is 0 Å². The Morgan fingerprint density at radius 2 is 1.79 bits per heavy atom. The minimum Gasteiger partial charge on any atom is -0.353 e. The molecule has 2 atom stereocenters. The molecule has 180 valence electrons. The number of carbonyl (C=O) groups excluding carboxylic acids is 2. The Morgan fingerprint density at radius 1 is 1.06 bits per heavy atom. The number of halogens is 1. The number of piperidine rings is 1. The maximum atomic E-state index is 13.5. The molecule has 2 aliphatic rings. The van der Waals surface area contributed by atoms with Crippen LogP contribution < -0.4 is 5.32 Å². The monoisotopic (exact) mass is 481 g/mol. The zero-order valence-corrected chi connectivity index (χ0v) is 20.5. The summed E-state index contributed by atoms with van der Waals surface area (Å²) in [5.41, 5.74) is 2.63. The van der Waals surface area contributed by atoms with Crippen LogP contribution in [0, 0.1) is 17.7 Å². The molecule has 1 aromatic carbocycles. The molecule has 2 aromatic heterocycles. The number of nitrogens with zero attached hydrogens (tertiary/aromatic N) is 2. The van der Waals surface area contributed by atoms with Crippen molar-refractivity contribution in [3.8, 4) is 0 Å². The molecule has 2 amide bonds. The van der Waals surface area contributed by atoms with Gasteiger partial charge in [-0.25, -0.2) is 4.39 Å². The molecule has 0 bridgehead atoms. The molecule has 1 saturated heterocycles. The first-order valence-corrected chi connectivity index (χ1v) is 13.3. The van der Waals surface area contributed by atoms with Crippen LogP contribution in [-0.2, 0) is 11.3 Å². The standard InChI is InChI=1S/C27H32FN3O2S/c1-18-4-2-3-5-22(18)29-26(32)20-10-13-30(14-11-20)27(33)24-16-25-23(12-15-34-25)31(24)17-19-6-8-21(28)9-7-19/h6-9,12,15-16,18,20,22H,2-5,10-11,13-14,17H2,1H3,(H,29,32). The molecule has 2 fully saturated rings. The van der Waals surface area contributed by atoms with Gasteiger partial charge >= 0.3 is 0 Å². The second kappa shape index (κ2) is 9.90. The van der Waals surface area contributed by atoms with Crippen molar-refractivity contribution in [3.63, 3.8) is 0 Å². The molecule has 1 aliphatic heterocycles. The van der Waals surface area contributed by atoms with E-state index in [4.69, 9.17) is 0 Å². The highest BCUT2D eigenvalue weighted by molar-refractivity contribution is 7.17. The van der Waals surface area contributed by atoms with E-state index >= 15 is 0 Å². The van der Waals surface area contributed by atoms with Crippen molar-refractivity contribution in [1.82, 2.24) is 14.8 Å². The number of carbonyl (C=O) groups is 2. The molecule has 5 rings (SSSR count). The summed E-state index contributed by atoms with van der Waals surface area (Å²) in [6, 6.07) is 10.7. The van der Waals surface area contributed by atoms with Crippen LogP contribution in [0.1, 0.15) is 61.5 Å². The molecule has 0 spiro atoms. The predicted molar refractivity (Wildman–Crippen MR) is 134 cm³/mol. The summed E-state index contributed by atoms with van der Waals surface area (Å²) in [6.07, 6.45) is 6.11. The minimum atomic E-state index is -0.266. The fourth-order valence-electron chi connectivity index (χ4n) is 5.44. The fourth-order valence-corrected chi connectivity index (χ4v) is 6.26. The van der Waals surface area contributed by atoms with Gasteiger partial charge in [0.05, 0.1) is 10.2 Å². The molecule has 3 heterocycles. The molecule has 7 heteroatoms. The van der Waals surface area contributed by atoms with Crippen molar-refractivity contribution in [1.29, 1.82) is 0 Å². The van der Waals surface area contributed by atoms with E-state index in [1.54, 1.807) is 23.5 Å². The molecule has 1 aliphatic carbocycles. The predicted octanol–water partition coefficient (Wildman–Crippen LogP) is 5.44. The Bertz CT molecular complexity index is 1160.